The van der Waals surface area contributed by atoms with E-state index in [9.17, 15) is 22.4 Å². The molecular formula is C27H34FN5O6S. The lowest BCUT2D eigenvalue weighted by Gasteiger charge is -2.33. The lowest BCUT2D eigenvalue weighted by molar-refractivity contribution is 0.0685. The first-order valence-electron chi connectivity index (χ1n) is 13.6. The molecule has 3 aromatic rings. The maximum Gasteiger partial charge on any atom is 0.280 e. The van der Waals surface area contributed by atoms with Crippen molar-refractivity contribution in [2.24, 2.45) is 0 Å². The van der Waals surface area contributed by atoms with Crippen molar-refractivity contribution in [2.75, 3.05) is 43.4 Å². The first kappa shape index (κ1) is 27.9. The number of carbonyl (C=O) groups is 1. The van der Waals surface area contributed by atoms with Gasteiger partial charge in [-0.05, 0) is 46.1 Å². The maximum atomic E-state index is 14.1. The second-order valence-electron chi connectivity index (χ2n) is 10.1. The van der Waals surface area contributed by atoms with E-state index in [1.165, 1.54) is 29.6 Å². The van der Waals surface area contributed by atoms with Gasteiger partial charge in [-0.15, -0.1) is 5.10 Å². The van der Waals surface area contributed by atoms with Gasteiger partial charge in [0.05, 0.1) is 26.0 Å². The molecule has 0 saturated carbocycles. The van der Waals surface area contributed by atoms with E-state index < -0.39 is 21.4 Å². The van der Waals surface area contributed by atoms with Gasteiger partial charge in [0.25, 0.3) is 11.5 Å². The number of carbonyl (C=O) groups excluding carboxylic acids is 1. The molecular weight excluding hydrogens is 541 g/mol. The largest absolute Gasteiger partial charge is 0.493 e. The molecule has 4 heterocycles. The minimum Gasteiger partial charge on any atom is -0.493 e. The zero-order valence-corrected chi connectivity index (χ0v) is 24.0. The zero-order chi connectivity index (χ0) is 28.8. The van der Waals surface area contributed by atoms with Crippen LogP contribution in [0.2, 0.25) is 0 Å². The summed E-state index contributed by atoms with van der Waals surface area (Å²) in [5.41, 5.74) is 0.385. The van der Waals surface area contributed by atoms with Crippen LogP contribution in [0.5, 0.6) is 11.5 Å². The lowest BCUT2D eigenvalue weighted by atomic mass is 10.2. The summed E-state index contributed by atoms with van der Waals surface area (Å²) in [5.74, 6) is -0.494. The first-order chi connectivity index (χ1) is 19.1. The number of fused-ring (bicyclic) bond motifs is 7. The van der Waals surface area contributed by atoms with Gasteiger partial charge < -0.3 is 18.9 Å². The van der Waals surface area contributed by atoms with Crippen molar-refractivity contribution in [3.05, 3.63) is 45.6 Å². The Bertz CT molecular complexity index is 1630. The van der Waals surface area contributed by atoms with Gasteiger partial charge in [0, 0.05) is 37.3 Å². The molecule has 0 fully saturated rings. The third-order valence-electron chi connectivity index (χ3n) is 7.55. The molecule has 11 nitrogen and oxygen atoms in total. The maximum absolute atomic E-state index is 14.1. The zero-order valence-electron chi connectivity index (χ0n) is 23.1. The number of nitrogens with zero attached hydrogens (tertiary/aromatic N) is 5. The Morgan fingerprint density at radius 2 is 1.93 bits per heavy atom. The molecule has 2 bridgehead atoms. The van der Waals surface area contributed by atoms with Crippen molar-refractivity contribution in [3.8, 4) is 11.5 Å². The highest BCUT2D eigenvalue weighted by atomic mass is 32.2. The Labute approximate surface area is 232 Å². The summed E-state index contributed by atoms with van der Waals surface area (Å²) in [6.07, 6.45) is 1.57. The summed E-state index contributed by atoms with van der Waals surface area (Å²) in [7, 11) is -2.46. The number of hydrogen-bond acceptors (Lipinski definition) is 7. The molecule has 0 radical (unpaired) electrons. The Kier molecular flexibility index (Phi) is 7.51. The van der Waals surface area contributed by atoms with E-state index in [1.54, 1.807) is 16.4 Å². The number of amides is 1. The predicted molar refractivity (Wildman–Crippen MR) is 148 cm³/mol. The molecule has 1 amide bonds. The van der Waals surface area contributed by atoms with Crippen molar-refractivity contribution in [1.29, 1.82) is 0 Å². The molecule has 0 unspecified atom stereocenters. The average Bonchev–Trinajstić information content (AvgIpc) is 3.28. The third-order valence-corrected chi connectivity index (χ3v) is 9.46. The minimum atomic E-state index is -3.84. The number of likely N-dealkylation sites (N-methyl/N-ethyl adjacent to an activating group) is 1. The number of rotatable bonds is 3. The third kappa shape index (κ3) is 4.59. The normalized spacial score (nSPS) is 19.5. The Morgan fingerprint density at radius 3 is 2.62 bits per heavy atom. The highest BCUT2D eigenvalue weighted by Crippen LogP contribution is 2.41. The van der Waals surface area contributed by atoms with Crippen molar-refractivity contribution < 1.29 is 27.1 Å². The summed E-state index contributed by atoms with van der Waals surface area (Å²) >= 11 is 0. The van der Waals surface area contributed by atoms with Crippen molar-refractivity contribution in [1.82, 2.24) is 19.2 Å². The van der Waals surface area contributed by atoms with Crippen LogP contribution in [-0.2, 0) is 16.6 Å². The highest BCUT2D eigenvalue weighted by molar-refractivity contribution is 7.92. The van der Waals surface area contributed by atoms with E-state index >= 15 is 0 Å². The summed E-state index contributed by atoms with van der Waals surface area (Å²) in [6, 6.07) is 3.79. The molecule has 5 rings (SSSR count). The lowest BCUT2D eigenvalue weighted by Crippen LogP contribution is -2.42. The highest BCUT2D eigenvalue weighted by Gasteiger charge is 2.39. The number of halogens is 1. The number of hydrogen-bond donors (Lipinski definition) is 0. The summed E-state index contributed by atoms with van der Waals surface area (Å²) < 4.78 is 57.1. The molecule has 1 aromatic carbocycles. The first-order valence-corrected chi connectivity index (χ1v) is 15.2. The molecule has 216 valence electrons. The number of methoxy groups -OCH3 is 1. The van der Waals surface area contributed by atoms with Crippen LogP contribution in [0.15, 0.2) is 23.0 Å². The van der Waals surface area contributed by atoms with Gasteiger partial charge >= 0.3 is 0 Å². The Balaban J connectivity index is 1.88. The fourth-order valence-corrected chi connectivity index (χ4v) is 7.20. The number of aromatic nitrogens is 3. The van der Waals surface area contributed by atoms with E-state index in [2.05, 4.69) is 5.10 Å². The van der Waals surface area contributed by atoms with Gasteiger partial charge in [0.1, 0.15) is 22.5 Å². The van der Waals surface area contributed by atoms with E-state index in [-0.39, 0.29) is 71.3 Å². The molecule has 2 aromatic heterocycles. The summed E-state index contributed by atoms with van der Waals surface area (Å²) in [5, 5.41) is 4.69. The summed E-state index contributed by atoms with van der Waals surface area (Å²) in [6.45, 7) is 6.57. The van der Waals surface area contributed by atoms with Gasteiger partial charge in [0.2, 0.25) is 10.0 Å². The van der Waals surface area contributed by atoms with Gasteiger partial charge in [0.15, 0.2) is 17.3 Å². The van der Waals surface area contributed by atoms with Crippen LogP contribution in [0.4, 0.5) is 10.2 Å². The molecule has 2 aliphatic heterocycles. The van der Waals surface area contributed by atoms with Gasteiger partial charge in [-0.3, -0.25) is 13.9 Å². The molecule has 0 aliphatic carbocycles. The number of benzene rings is 1. The molecule has 0 N–H and O–H groups in total. The molecule has 2 aliphatic rings. The number of anilines is 1. The van der Waals surface area contributed by atoms with Crippen LogP contribution in [0.3, 0.4) is 0 Å². The second-order valence-corrected chi connectivity index (χ2v) is 12.1. The number of ether oxygens (including phenoxy) is 2. The molecule has 1 atom stereocenters. The molecule has 0 spiro atoms. The van der Waals surface area contributed by atoms with Crippen LogP contribution in [0.1, 0.15) is 62.1 Å². The van der Waals surface area contributed by atoms with Crippen LogP contribution >= 0.6 is 0 Å². The van der Waals surface area contributed by atoms with Crippen LogP contribution < -0.4 is 19.3 Å². The van der Waals surface area contributed by atoms with E-state index in [0.717, 1.165) is 4.68 Å². The fourth-order valence-electron chi connectivity index (χ4n) is 5.63. The van der Waals surface area contributed by atoms with Crippen molar-refractivity contribution >= 4 is 32.7 Å². The molecule has 40 heavy (non-hydrogen) atoms. The van der Waals surface area contributed by atoms with Gasteiger partial charge in [-0.25, -0.2) is 17.5 Å². The quantitative estimate of drug-likeness (QED) is 0.471. The van der Waals surface area contributed by atoms with Crippen molar-refractivity contribution in [2.45, 2.75) is 52.6 Å². The van der Waals surface area contributed by atoms with Gasteiger partial charge in [-0.1, -0.05) is 6.07 Å². The predicted octanol–water partition coefficient (Wildman–Crippen LogP) is 3.15. The fraction of sp³-hybridized carbons (Fsp3) is 0.519. The van der Waals surface area contributed by atoms with E-state index in [0.29, 0.717) is 37.9 Å². The molecule has 0 saturated heterocycles. The second kappa shape index (κ2) is 10.8. The van der Waals surface area contributed by atoms with Crippen LogP contribution in [0.25, 0.3) is 10.9 Å². The summed E-state index contributed by atoms with van der Waals surface area (Å²) in [4.78, 5) is 29.3. The van der Waals surface area contributed by atoms with Gasteiger partial charge in [-0.2, -0.15) is 0 Å². The standard InChI is InChI=1S/C27H34FN5O6S/c1-5-30-15-17(3)33-22-21(24(38-4)23(33)27(30)35)26(34)31-16-18-10-11-19(28)14-20(18)39-12-8-7-9-13-40(36,37)32(6-2)25(22)29-31/h10-11,14,17H,5-9,12-13,15-16H2,1-4H3/t17-/m0/s1. The minimum absolute atomic E-state index is 0.0490. The van der Waals surface area contributed by atoms with Crippen molar-refractivity contribution in [3.63, 3.8) is 0 Å². The number of sulfonamides is 1. The van der Waals surface area contributed by atoms with E-state index in [1.807, 2.05) is 13.8 Å². The Morgan fingerprint density at radius 1 is 1.15 bits per heavy atom. The SMILES string of the molecule is CCN1C[C@H](C)n2c(c(OC)c3c(=O)n4nc(c32)N(CC)S(=O)(=O)CCCCCOc2cc(F)ccc2C4)C1=O. The monoisotopic (exact) mass is 575 g/mol. The van der Waals surface area contributed by atoms with E-state index in [4.69, 9.17) is 9.47 Å². The Hall–Kier alpha value is -3.61. The van der Waals surface area contributed by atoms with Crippen LogP contribution in [0, 0.1) is 5.82 Å². The topological polar surface area (TPSA) is 116 Å². The molecule has 13 heteroatoms. The average molecular weight is 576 g/mol. The van der Waals surface area contributed by atoms with Crippen LogP contribution in [-0.4, -0.2) is 72.7 Å². The smallest absolute Gasteiger partial charge is 0.280 e.